The van der Waals surface area contributed by atoms with Crippen LogP contribution in [0.25, 0.3) is 11.3 Å². The minimum absolute atomic E-state index is 0.0579. The smallest absolute Gasteiger partial charge is 0.409 e. The van der Waals surface area contributed by atoms with E-state index >= 15 is 0 Å². The Morgan fingerprint density at radius 2 is 1.97 bits per heavy atom. The third-order valence-corrected chi connectivity index (χ3v) is 5.04. The number of hydrogen-bond donors (Lipinski definition) is 1. The Morgan fingerprint density at radius 3 is 2.67 bits per heavy atom. The van der Waals surface area contributed by atoms with E-state index in [2.05, 4.69) is 10.3 Å². The molecule has 1 saturated heterocycles. The van der Waals surface area contributed by atoms with Crippen molar-refractivity contribution >= 4 is 18.0 Å². The number of benzene rings is 1. The molecule has 0 unspecified atom stereocenters. The number of likely N-dealkylation sites (tertiary alicyclic amines) is 1. The molecule has 1 aliphatic heterocycles. The van der Waals surface area contributed by atoms with Gasteiger partial charge in [-0.3, -0.25) is 9.59 Å². The number of ether oxygens (including phenoxy) is 2. The van der Waals surface area contributed by atoms with Crippen LogP contribution in [-0.4, -0.2) is 60.2 Å². The molecule has 11 heteroatoms. The lowest BCUT2D eigenvalue weighted by atomic mass is 10.1. The van der Waals surface area contributed by atoms with Crippen molar-refractivity contribution in [1.82, 2.24) is 15.2 Å². The number of nitrogens with one attached hydrogen (secondary N) is 1. The minimum Gasteiger partial charge on any atom is -0.456 e. The van der Waals surface area contributed by atoms with Gasteiger partial charge in [0.1, 0.15) is 11.6 Å². The third kappa shape index (κ3) is 6.99. The molecule has 9 nitrogen and oxygen atoms in total. The Bertz CT molecular complexity index is 988. The Kier molecular flexibility index (Phi) is 8.34. The molecule has 0 atom stereocenters. The van der Waals surface area contributed by atoms with Crippen molar-refractivity contribution in [1.29, 1.82) is 0 Å². The summed E-state index contributed by atoms with van der Waals surface area (Å²) >= 11 is 0. The van der Waals surface area contributed by atoms with E-state index in [1.54, 1.807) is 11.8 Å². The number of oxazole rings is 1. The highest BCUT2D eigenvalue weighted by Gasteiger charge is 2.24. The van der Waals surface area contributed by atoms with E-state index < -0.39 is 30.1 Å². The number of hydrogen-bond acceptors (Lipinski definition) is 7. The lowest BCUT2D eigenvalue weighted by Gasteiger charge is -2.31. The molecule has 0 spiro atoms. The molecule has 1 aromatic heterocycles. The van der Waals surface area contributed by atoms with Gasteiger partial charge in [-0.1, -0.05) is 0 Å². The summed E-state index contributed by atoms with van der Waals surface area (Å²) in [7, 11) is 0. The predicted molar refractivity (Wildman–Crippen MR) is 111 cm³/mol. The summed E-state index contributed by atoms with van der Waals surface area (Å²) in [6.45, 7) is 2.58. The van der Waals surface area contributed by atoms with Gasteiger partial charge in [0.25, 0.3) is 5.91 Å². The van der Waals surface area contributed by atoms with Crippen LogP contribution in [0, 0.1) is 11.6 Å². The molecular weight excluding hydrogens is 440 g/mol. The number of aryl methyl sites for hydroxylation is 1. The van der Waals surface area contributed by atoms with Crippen LogP contribution in [0.15, 0.2) is 28.8 Å². The zero-order valence-corrected chi connectivity index (χ0v) is 18.1. The molecule has 1 N–H and O–H groups in total. The van der Waals surface area contributed by atoms with Crippen molar-refractivity contribution in [2.24, 2.45) is 0 Å². The number of carbonyl (C=O) groups excluding carboxylic acids is 3. The molecule has 1 aromatic carbocycles. The number of nitrogens with zero attached hydrogens (tertiary/aromatic N) is 2. The van der Waals surface area contributed by atoms with Gasteiger partial charge < -0.3 is 24.1 Å². The molecule has 33 heavy (non-hydrogen) atoms. The molecule has 2 amide bonds. The van der Waals surface area contributed by atoms with Crippen LogP contribution in [0.2, 0.25) is 0 Å². The molecule has 2 aromatic rings. The summed E-state index contributed by atoms with van der Waals surface area (Å²) in [6.07, 6.45) is 2.10. The first kappa shape index (κ1) is 24.1. The molecule has 1 aliphatic rings. The van der Waals surface area contributed by atoms with Crippen LogP contribution in [0.1, 0.15) is 32.1 Å². The number of aromatic nitrogens is 1. The number of carbonyl (C=O) groups is 3. The molecule has 0 radical (unpaired) electrons. The number of amides is 2. The van der Waals surface area contributed by atoms with Crippen LogP contribution in [-0.2, 0) is 25.5 Å². The van der Waals surface area contributed by atoms with Crippen LogP contribution in [0.5, 0.6) is 0 Å². The highest BCUT2D eigenvalue weighted by molar-refractivity contribution is 5.80. The largest absolute Gasteiger partial charge is 0.456 e. The first-order valence-corrected chi connectivity index (χ1v) is 10.6. The average molecular weight is 465 g/mol. The maximum atomic E-state index is 13.8. The van der Waals surface area contributed by atoms with Crippen molar-refractivity contribution in [3.8, 4) is 11.3 Å². The quantitative estimate of drug-likeness (QED) is 0.597. The monoisotopic (exact) mass is 465 g/mol. The van der Waals surface area contributed by atoms with Gasteiger partial charge in [0.2, 0.25) is 0 Å². The van der Waals surface area contributed by atoms with E-state index in [9.17, 15) is 23.2 Å². The van der Waals surface area contributed by atoms with Gasteiger partial charge in [-0.05, 0) is 31.9 Å². The number of halogens is 2. The number of rotatable bonds is 8. The van der Waals surface area contributed by atoms with E-state index in [0.29, 0.717) is 32.5 Å². The fourth-order valence-corrected chi connectivity index (χ4v) is 3.36. The number of esters is 1. The summed E-state index contributed by atoms with van der Waals surface area (Å²) < 4.78 is 42.2. The average Bonchev–Trinajstić information content (AvgIpc) is 3.25. The second-order valence-corrected chi connectivity index (χ2v) is 7.43. The van der Waals surface area contributed by atoms with Gasteiger partial charge in [0, 0.05) is 31.6 Å². The van der Waals surface area contributed by atoms with Gasteiger partial charge in [0.15, 0.2) is 18.3 Å². The van der Waals surface area contributed by atoms with Gasteiger partial charge in [0.05, 0.1) is 24.8 Å². The van der Waals surface area contributed by atoms with Crippen molar-refractivity contribution in [3.63, 3.8) is 0 Å². The van der Waals surface area contributed by atoms with E-state index in [1.165, 1.54) is 12.3 Å². The van der Waals surface area contributed by atoms with E-state index in [0.717, 1.165) is 12.1 Å². The fraction of sp³-hybridized carbons (Fsp3) is 0.455. The van der Waals surface area contributed by atoms with E-state index in [4.69, 9.17) is 13.9 Å². The fourth-order valence-electron chi connectivity index (χ4n) is 3.36. The zero-order chi connectivity index (χ0) is 23.8. The molecule has 1 fully saturated rings. The first-order chi connectivity index (χ1) is 15.9. The Balaban J connectivity index is 1.36. The summed E-state index contributed by atoms with van der Waals surface area (Å²) in [4.78, 5) is 41.2. The summed E-state index contributed by atoms with van der Waals surface area (Å²) in [5.74, 6) is -2.23. The zero-order valence-electron chi connectivity index (χ0n) is 18.1. The van der Waals surface area contributed by atoms with Crippen molar-refractivity contribution in [2.45, 2.75) is 38.6 Å². The second-order valence-electron chi connectivity index (χ2n) is 7.43. The molecule has 178 valence electrons. The Hall–Kier alpha value is -3.50. The van der Waals surface area contributed by atoms with E-state index in [1.807, 2.05) is 0 Å². The van der Waals surface area contributed by atoms with Gasteiger partial charge in [-0.15, -0.1) is 0 Å². The topological polar surface area (TPSA) is 111 Å². The molecule has 2 heterocycles. The summed E-state index contributed by atoms with van der Waals surface area (Å²) in [5, 5.41) is 2.78. The SMILES string of the molecule is CCOC(=O)N1CCC(NC(=O)COC(=O)CCc2ncc(-c3ccc(F)cc3F)o2)CC1. The highest BCUT2D eigenvalue weighted by Crippen LogP contribution is 2.24. The van der Waals surface area contributed by atoms with Crippen LogP contribution in [0.3, 0.4) is 0 Å². The minimum atomic E-state index is -0.783. The maximum absolute atomic E-state index is 13.8. The van der Waals surface area contributed by atoms with Crippen LogP contribution < -0.4 is 5.32 Å². The predicted octanol–water partition coefficient (Wildman–Crippen LogP) is 2.83. The molecule has 3 rings (SSSR count). The van der Waals surface area contributed by atoms with E-state index in [-0.39, 0.29) is 42.2 Å². The summed E-state index contributed by atoms with van der Waals surface area (Å²) in [5.41, 5.74) is 0.0579. The Labute approximate surface area is 189 Å². The summed E-state index contributed by atoms with van der Waals surface area (Å²) in [6, 6.07) is 2.97. The molecular formula is C22H25F2N3O6. The maximum Gasteiger partial charge on any atom is 0.409 e. The number of piperidine rings is 1. The van der Waals surface area contributed by atoms with Crippen molar-refractivity contribution in [3.05, 3.63) is 41.9 Å². The highest BCUT2D eigenvalue weighted by atomic mass is 19.1. The second kappa shape index (κ2) is 11.4. The normalized spacial score (nSPS) is 14.1. The van der Waals surface area contributed by atoms with Crippen molar-refractivity contribution < 1.29 is 37.1 Å². The molecule has 0 bridgehead atoms. The van der Waals surface area contributed by atoms with Crippen LogP contribution >= 0.6 is 0 Å². The first-order valence-electron chi connectivity index (χ1n) is 10.6. The lowest BCUT2D eigenvalue weighted by Crippen LogP contribution is -2.47. The lowest BCUT2D eigenvalue weighted by molar-refractivity contribution is -0.148. The van der Waals surface area contributed by atoms with Gasteiger partial charge >= 0.3 is 12.1 Å². The molecule has 0 aliphatic carbocycles. The third-order valence-electron chi connectivity index (χ3n) is 5.04. The standard InChI is InChI=1S/C22H25F2N3O6/c1-2-31-22(30)27-9-7-15(8-10-27)26-19(28)13-32-21(29)6-5-20-25-12-18(33-20)16-4-3-14(23)11-17(16)24/h3-4,11-12,15H,2,5-10,13H2,1H3,(H,26,28). The Morgan fingerprint density at radius 1 is 1.21 bits per heavy atom. The van der Waals surface area contributed by atoms with Gasteiger partial charge in [-0.25, -0.2) is 18.6 Å². The van der Waals surface area contributed by atoms with Crippen LogP contribution in [0.4, 0.5) is 13.6 Å². The van der Waals surface area contributed by atoms with Gasteiger partial charge in [-0.2, -0.15) is 0 Å². The molecule has 0 saturated carbocycles. The van der Waals surface area contributed by atoms with Crippen molar-refractivity contribution in [2.75, 3.05) is 26.3 Å².